The topological polar surface area (TPSA) is 54.9 Å². The highest BCUT2D eigenvalue weighted by Gasteiger charge is 2.04. The molecular formula is C20H28IN3O2. The molecule has 0 heterocycles. The van der Waals surface area contributed by atoms with Crippen LogP contribution in [0.15, 0.2) is 53.5 Å². The van der Waals surface area contributed by atoms with Gasteiger partial charge in [-0.1, -0.05) is 30.3 Å². The Labute approximate surface area is 173 Å². The van der Waals surface area contributed by atoms with Crippen LogP contribution in [-0.4, -0.2) is 26.2 Å². The fourth-order valence-electron chi connectivity index (χ4n) is 2.39. The first-order valence-electron chi connectivity index (χ1n) is 8.44. The molecule has 0 radical (unpaired) electrons. The Bertz CT molecular complexity index is 688. The second-order valence-electron chi connectivity index (χ2n) is 5.90. The van der Waals surface area contributed by atoms with E-state index in [1.165, 1.54) is 0 Å². The summed E-state index contributed by atoms with van der Waals surface area (Å²) in [6.07, 6.45) is 0.182. The third-order valence-corrected chi connectivity index (χ3v) is 3.62. The fraction of sp³-hybridized carbons (Fsp3) is 0.350. The van der Waals surface area contributed by atoms with E-state index in [1.807, 2.05) is 50.2 Å². The van der Waals surface area contributed by atoms with Crippen LogP contribution in [0.25, 0.3) is 0 Å². The van der Waals surface area contributed by atoms with E-state index in [9.17, 15) is 0 Å². The third-order valence-electron chi connectivity index (χ3n) is 3.62. The molecule has 0 spiro atoms. The molecule has 0 aromatic heterocycles. The molecule has 0 saturated heterocycles. The van der Waals surface area contributed by atoms with Gasteiger partial charge in [0, 0.05) is 25.7 Å². The van der Waals surface area contributed by atoms with Crippen LogP contribution in [0.5, 0.6) is 11.5 Å². The second kappa shape index (κ2) is 11.6. The molecule has 0 aliphatic rings. The van der Waals surface area contributed by atoms with Crippen molar-refractivity contribution in [3.8, 4) is 11.5 Å². The molecule has 0 amide bonds. The van der Waals surface area contributed by atoms with E-state index in [-0.39, 0.29) is 30.1 Å². The summed E-state index contributed by atoms with van der Waals surface area (Å²) in [6.45, 7) is 5.37. The van der Waals surface area contributed by atoms with Gasteiger partial charge in [-0.05, 0) is 37.6 Å². The summed E-state index contributed by atoms with van der Waals surface area (Å²) in [6, 6.07) is 16.0. The molecule has 5 nitrogen and oxygen atoms in total. The van der Waals surface area contributed by atoms with Crippen molar-refractivity contribution >= 4 is 29.9 Å². The first-order valence-corrected chi connectivity index (χ1v) is 8.44. The van der Waals surface area contributed by atoms with Gasteiger partial charge in [-0.3, -0.25) is 4.99 Å². The average Bonchev–Trinajstić information content (AvgIpc) is 2.63. The van der Waals surface area contributed by atoms with Crippen molar-refractivity contribution in [1.29, 1.82) is 0 Å². The number of methoxy groups -OCH3 is 1. The van der Waals surface area contributed by atoms with Gasteiger partial charge in [0.2, 0.25) is 0 Å². The molecule has 0 saturated carbocycles. The van der Waals surface area contributed by atoms with Gasteiger partial charge in [0.05, 0.1) is 13.2 Å². The molecule has 0 atom stereocenters. The van der Waals surface area contributed by atoms with Crippen LogP contribution in [0.1, 0.15) is 25.0 Å². The first kappa shape index (κ1) is 22.1. The van der Waals surface area contributed by atoms with Crippen molar-refractivity contribution in [2.45, 2.75) is 33.0 Å². The van der Waals surface area contributed by atoms with Crippen molar-refractivity contribution in [3.05, 3.63) is 59.7 Å². The van der Waals surface area contributed by atoms with E-state index in [2.05, 4.69) is 27.8 Å². The summed E-state index contributed by atoms with van der Waals surface area (Å²) >= 11 is 0. The molecule has 0 aliphatic carbocycles. The molecule has 2 rings (SSSR count). The molecule has 0 aliphatic heterocycles. The zero-order chi connectivity index (χ0) is 18.1. The van der Waals surface area contributed by atoms with Crippen LogP contribution < -0.4 is 20.1 Å². The lowest BCUT2D eigenvalue weighted by Gasteiger charge is -2.14. The highest BCUT2D eigenvalue weighted by atomic mass is 127. The van der Waals surface area contributed by atoms with E-state index in [0.717, 1.165) is 28.6 Å². The summed E-state index contributed by atoms with van der Waals surface area (Å²) in [5, 5.41) is 6.61. The number of benzene rings is 2. The standard InChI is InChI=1S/C20H27N3O2.HI/c1-15(2)25-18-11-9-16(10-12-18)13-22-20(21-3)23-14-17-7-5-6-8-19(17)24-4;/h5-12,15H,13-14H2,1-4H3,(H2,21,22,23);1H. The average molecular weight is 469 g/mol. The lowest BCUT2D eigenvalue weighted by molar-refractivity contribution is 0.242. The molecule has 2 N–H and O–H groups in total. The van der Waals surface area contributed by atoms with Crippen LogP contribution in [-0.2, 0) is 13.1 Å². The van der Waals surface area contributed by atoms with Crippen molar-refractivity contribution in [2.24, 2.45) is 4.99 Å². The number of aliphatic imine (C=N–C) groups is 1. The van der Waals surface area contributed by atoms with Gasteiger partial charge >= 0.3 is 0 Å². The maximum Gasteiger partial charge on any atom is 0.191 e. The number of nitrogens with zero attached hydrogens (tertiary/aromatic N) is 1. The van der Waals surface area contributed by atoms with Crippen molar-refractivity contribution in [2.75, 3.05) is 14.2 Å². The van der Waals surface area contributed by atoms with Crippen molar-refractivity contribution in [3.63, 3.8) is 0 Å². The van der Waals surface area contributed by atoms with Gasteiger partial charge < -0.3 is 20.1 Å². The van der Waals surface area contributed by atoms with Crippen molar-refractivity contribution in [1.82, 2.24) is 10.6 Å². The van der Waals surface area contributed by atoms with Crippen LogP contribution >= 0.6 is 24.0 Å². The maximum absolute atomic E-state index is 5.66. The molecule has 0 fully saturated rings. The van der Waals surface area contributed by atoms with Crippen LogP contribution in [0.4, 0.5) is 0 Å². The zero-order valence-corrected chi connectivity index (χ0v) is 18.1. The van der Waals surface area contributed by atoms with E-state index in [0.29, 0.717) is 13.1 Å². The normalized spacial score (nSPS) is 10.9. The summed E-state index contributed by atoms with van der Waals surface area (Å²) in [5.41, 5.74) is 2.25. The first-order chi connectivity index (χ1) is 12.1. The number of halogens is 1. The Kier molecular flexibility index (Phi) is 9.87. The number of para-hydroxylation sites is 1. The van der Waals surface area contributed by atoms with E-state index in [4.69, 9.17) is 9.47 Å². The minimum Gasteiger partial charge on any atom is -0.496 e. The third kappa shape index (κ3) is 7.11. The number of hydrogen-bond donors (Lipinski definition) is 2. The summed E-state index contributed by atoms with van der Waals surface area (Å²) in [4.78, 5) is 4.26. The van der Waals surface area contributed by atoms with Gasteiger partial charge in [-0.25, -0.2) is 0 Å². The van der Waals surface area contributed by atoms with Gasteiger partial charge in [-0.2, -0.15) is 0 Å². The molecule has 6 heteroatoms. The van der Waals surface area contributed by atoms with Gasteiger partial charge in [0.1, 0.15) is 11.5 Å². The Hall–Kier alpha value is -1.96. The molecule has 2 aromatic carbocycles. The Balaban J connectivity index is 0.00000338. The predicted octanol–water partition coefficient (Wildman–Crippen LogP) is 3.97. The van der Waals surface area contributed by atoms with Gasteiger partial charge in [0.25, 0.3) is 0 Å². The molecule has 2 aromatic rings. The Morgan fingerprint density at radius 2 is 1.65 bits per heavy atom. The molecule has 26 heavy (non-hydrogen) atoms. The second-order valence-corrected chi connectivity index (χ2v) is 5.90. The highest BCUT2D eigenvalue weighted by molar-refractivity contribution is 14.0. The van der Waals surface area contributed by atoms with Crippen LogP contribution in [0.3, 0.4) is 0 Å². The molecular weight excluding hydrogens is 441 g/mol. The quantitative estimate of drug-likeness (QED) is 0.366. The Morgan fingerprint density at radius 1 is 1.00 bits per heavy atom. The largest absolute Gasteiger partial charge is 0.496 e. The minimum atomic E-state index is 0. The van der Waals surface area contributed by atoms with E-state index >= 15 is 0 Å². The van der Waals surface area contributed by atoms with E-state index in [1.54, 1.807) is 14.2 Å². The van der Waals surface area contributed by atoms with Gasteiger partial charge in [-0.15, -0.1) is 24.0 Å². The summed E-state index contributed by atoms with van der Waals surface area (Å²) < 4.78 is 11.0. The monoisotopic (exact) mass is 469 g/mol. The smallest absolute Gasteiger partial charge is 0.191 e. The number of hydrogen-bond acceptors (Lipinski definition) is 3. The van der Waals surface area contributed by atoms with Crippen LogP contribution in [0.2, 0.25) is 0 Å². The number of ether oxygens (including phenoxy) is 2. The number of nitrogens with one attached hydrogen (secondary N) is 2. The number of guanidine groups is 1. The van der Waals surface area contributed by atoms with Crippen LogP contribution in [0, 0.1) is 0 Å². The van der Waals surface area contributed by atoms with E-state index < -0.39 is 0 Å². The maximum atomic E-state index is 5.66. The molecule has 0 bridgehead atoms. The summed E-state index contributed by atoms with van der Waals surface area (Å²) in [7, 11) is 3.44. The predicted molar refractivity (Wildman–Crippen MR) is 118 cm³/mol. The lowest BCUT2D eigenvalue weighted by atomic mass is 10.2. The summed E-state index contributed by atoms with van der Waals surface area (Å²) in [5.74, 6) is 2.50. The fourth-order valence-corrected chi connectivity index (χ4v) is 2.39. The lowest BCUT2D eigenvalue weighted by Crippen LogP contribution is -2.36. The number of rotatable bonds is 7. The minimum absolute atomic E-state index is 0. The van der Waals surface area contributed by atoms with Gasteiger partial charge in [0.15, 0.2) is 5.96 Å². The zero-order valence-electron chi connectivity index (χ0n) is 15.8. The highest BCUT2D eigenvalue weighted by Crippen LogP contribution is 2.16. The molecule has 0 unspecified atom stereocenters. The molecule has 142 valence electrons. The van der Waals surface area contributed by atoms with Crippen molar-refractivity contribution < 1.29 is 9.47 Å². The SMILES string of the molecule is CN=C(NCc1ccc(OC(C)C)cc1)NCc1ccccc1OC.I. The Morgan fingerprint density at radius 3 is 2.27 bits per heavy atom.